The zero-order valence-electron chi connectivity index (χ0n) is 15.4. The smallest absolute Gasteiger partial charge is 0.226 e. The van der Waals surface area contributed by atoms with E-state index in [1.165, 1.54) is 14.2 Å². The van der Waals surface area contributed by atoms with Crippen molar-refractivity contribution < 1.29 is 19.1 Å². The third kappa shape index (κ3) is 3.47. The number of rotatable bonds is 4. The van der Waals surface area contributed by atoms with Crippen LogP contribution in [0.5, 0.6) is 5.75 Å². The second kappa shape index (κ2) is 7.92. The second-order valence-corrected chi connectivity index (χ2v) is 6.79. The lowest BCUT2D eigenvalue weighted by molar-refractivity contribution is -0.146. The summed E-state index contributed by atoms with van der Waals surface area (Å²) < 4.78 is 5.37. The first kappa shape index (κ1) is 20.0. The van der Waals surface area contributed by atoms with Crippen LogP contribution in [0.1, 0.15) is 50.2 Å². The highest BCUT2D eigenvalue weighted by molar-refractivity contribution is 6.33. The van der Waals surface area contributed by atoms with Crippen molar-refractivity contribution in [1.29, 1.82) is 0 Å². The van der Waals surface area contributed by atoms with Crippen LogP contribution in [0.3, 0.4) is 0 Å². The standard InChI is InChI=1S/C20H22ClNO4/c1-5-7-12-8-13(21)17(16(9-12)26-4)18-14(23)10-20(6-2,11-15(18)24)19(25)22-3/h8-9,18H,6,10-11H2,1-4H3,(H,22,25). The molecule has 1 aliphatic rings. The van der Waals surface area contributed by atoms with E-state index < -0.39 is 11.3 Å². The topological polar surface area (TPSA) is 72.5 Å². The number of nitrogens with one attached hydrogen (secondary N) is 1. The maximum atomic E-state index is 12.9. The maximum absolute atomic E-state index is 12.9. The lowest BCUT2D eigenvalue weighted by Crippen LogP contribution is -2.47. The Hall–Kier alpha value is -2.32. The van der Waals surface area contributed by atoms with Crippen LogP contribution in [0.4, 0.5) is 0 Å². The number of halogens is 1. The highest BCUT2D eigenvalue weighted by Crippen LogP contribution is 2.45. The molecule has 0 radical (unpaired) electrons. The van der Waals surface area contributed by atoms with E-state index in [2.05, 4.69) is 17.2 Å². The van der Waals surface area contributed by atoms with E-state index >= 15 is 0 Å². The average molecular weight is 376 g/mol. The predicted molar refractivity (Wildman–Crippen MR) is 99.3 cm³/mol. The largest absolute Gasteiger partial charge is 0.496 e. The summed E-state index contributed by atoms with van der Waals surface area (Å²) in [4.78, 5) is 38.1. The van der Waals surface area contributed by atoms with Gasteiger partial charge in [-0.1, -0.05) is 24.4 Å². The molecular formula is C20H22ClNO4. The Balaban J connectivity index is 2.51. The van der Waals surface area contributed by atoms with Crippen LogP contribution >= 0.6 is 11.6 Å². The highest BCUT2D eigenvalue weighted by atomic mass is 35.5. The summed E-state index contributed by atoms with van der Waals surface area (Å²) in [7, 11) is 2.96. The third-order valence-corrected chi connectivity index (χ3v) is 5.24. The number of Topliss-reactive ketones (excluding diaryl/α,β-unsaturated/α-hetero) is 2. The molecule has 0 aliphatic heterocycles. The van der Waals surface area contributed by atoms with Crippen molar-refractivity contribution in [3.05, 3.63) is 28.3 Å². The molecule has 0 heterocycles. The number of ketones is 2. The molecule has 0 aromatic heterocycles. The molecule has 0 spiro atoms. The van der Waals surface area contributed by atoms with E-state index in [0.29, 0.717) is 23.3 Å². The minimum absolute atomic E-state index is 0.00438. The van der Waals surface area contributed by atoms with Crippen molar-refractivity contribution >= 4 is 29.1 Å². The third-order valence-electron chi connectivity index (χ3n) is 4.92. The van der Waals surface area contributed by atoms with Crippen molar-refractivity contribution in [3.63, 3.8) is 0 Å². The zero-order valence-corrected chi connectivity index (χ0v) is 16.1. The van der Waals surface area contributed by atoms with Gasteiger partial charge in [-0.3, -0.25) is 14.4 Å². The maximum Gasteiger partial charge on any atom is 0.226 e. The van der Waals surface area contributed by atoms with Gasteiger partial charge in [-0.2, -0.15) is 0 Å². The number of carbonyl (C=O) groups is 3. The van der Waals surface area contributed by atoms with Gasteiger partial charge in [0.1, 0.15) is 23.2 Å². The quantitative estimate of drug-likeness (QED) is 0.648. The fourth-order valence-corrected chi connectivity index (χ4v) is 3.85. The molecular weight excluding hydrogens is 354 g/mol. The Bertz CT molecular complexity index is 801. The van der Waals surface area contributed by atoms with Crippen molar-refractivity contribution in [2.45, 2.75) is 39.0 Å². The molecule has 2 rings (SSSR count). The van der Waals surface area contributed by atoms with Gasteiger partial charge in [0, 0.05) is 36.0 Å². The molecule has 6 heteroatoms. The Kier molecular flexibility index (Phi) is 6.09. The number of methoxy groups -OCH3 is 1. The molecule has 1 saturated carbocycles. The summed E-state index contributed by atoms with van der Waals surface area (Å²) >= 11 is 6.38. The predicted octanol–water partition coefficient (Wildman–Crippen LogP) is 2.88. The molecule has 1 N–H and O–H groups in total. The van der Waals surface area contributed by atoms with E-state index in [1.807, 2.05) is 6.92 Å². The molecule has 5 nitrogen and oxygen atoms in total. The number of benzene rings is 1. The Morgan fingerprint density at radius 3 is 2.42 bits per heavy atom. The van der Waals surface area contributed by atoms with E-state index in [1.54, 1.807) is 19.1 Å². The van der Waals surface area contributed by atoms with E-state index in [-0.39, 0.29) is 35.3 Å². The van der Waals surface area contributed by atoms with Crippen molar-refractivity contribution in [3.8, 4) is 17.6 Å². The lowest BCUT2D eigenvalue weighted by atomic mass is 9.65. The summed E-state index contributed by atoms with van der Waals surface area (Å²) in [6.45, 7) is 3.51. The monoisotopic (exact) mass is 375 g/mol. The van der Waals surface area contributed by atoms with Gasteiger partial charge < -0.3 is 10.1 Å². The average Bonchev–Trinajstić information content (AvgIpc) is 2.61. The first-order valence-corrected chi connectivity index (χ1v) is 8.79. The van der Waals surface area contributed by atoms with Gasteiger partial charge in [0.15, 0.2) is 0 Å². The first-order valence-electron chi connectivity index (χ1n) is 8.41. The molecule has 1 aromatic rings. The minimum atomic E-state index is -1.02. The Labute approximate surface area is 158 Å². The van der Waals surface area contributed by atoms with Crippen LogP contribution in [-0.4, -0.2) is 31.6 Å². The highest BCUT2D eigenvalue weighted by Gasteiger charge is 2.49. The second-order valence-electron chi connectivity index (χ2n) is 6.38. The van der Waals surface area contributed by atoms with Gasteiger partial charge in [0.25, 0.3) is 0 Å². The van der Waals surface area contributed by atoms with Crippen LogP contribution in [0, 0.1) is 17.3 Å². The fraction of sp³-hybridized carbons (Fsp3) is 0.450. The first-order chi connectivity index (χ1) is 12.3. The number of ether oxygens (including phenoxy) is 1. The van der Waals surface area contributed by atoms with E-state index in [9.17, 15) is 14.4 Å². The molecule has 1 aliphatic carbocycles. The number of carbonyl (C=O) groups excluding carboxylic acids is 3. The Morgan fingerprint density at radius 1 is 1.35 bits per heavy atom. The van der Waals surface area contributed by atoms with Gasteiger partial charge in [-0.05, 0) is 25.5 Å². The Morgan fingerprint density at radius 2 is 1.96 bits per heavy atom. The summed E-state index contributed by atoms with van der Waals surface area (Å²) in [6, 6.07) is 3.29. The minimum Gasteiger partial charge on any atom is -0.496 e. The van der Waals surface area contributed by atoms with Crippen LogP contribution in [0.2, 0.25) is 5.02 Å². The molecule has 0 saturated heterocycles. The summed E-state index contributed by atoms with van der Waals surface area (Å²) in [5, 5.41) is 2.83. The summed E-state index contributed by atoms with van der Waals surface area (Å²) in [5.74, 6) is 4.06. The van der Waals surface area contributed by atoms with Crippen molar-refractivity contribution in [1.82, 2.24) is 5.32 Å². The van der Waals surface area contributed by atoms with Gasteiger partial charge in [-0.25, -0.2) is 0 Å². The number of hydrogen-bond donors (Lipinski definition) is 1. The molecule has 1 amide bonds. The SMILES string of the molecule is CC#Cc1cc(Cl)c(C2C(=O)CC(CC)(C(=O)NC)CC2=O)c(OC)c1. The zero-order chi connectivity index (χ0) is 19.5. The molecule has 0 atom stereocenters. The van der Waals surface area contributed by atoms with E-state index in [0.717, 1.165) is 0 Å². The molecule has 1 fully saturated rings. The number of hydrogen-bond acceptors (Lipinski definition) is 4. The van der Waals surface area contributed by atoms with Crippen LogP contribution < -0.4 is 10.1 Å². The van der Waals surface area contributed by atoms with Gasteiger partial charge in [-0.15, -0.1) is 5.92 Å². The number of amides is 1. The fourth-order valence-electron chi connectivity index (χ4n) is 3.53. The molecule has 0 unspecified atom stereocenters. The summed E-state index contributed by atoms with van der Waals surface area (Å²) in [6.07, 6.45) is 0.401. The van der Waals surface area contributed by atoms with Crippen molar-refractivity contribution in [2.24, 2.45) is 5.41 Å². The van der Waals surface area contributed by atoms with Gasteiger partial charge in [0.2, 0.25) is 5.91 Å². The van der Waals surface area contributed by atoms with Gasteiger partial charge in [0.05, 0.1) is 12.5 Å². The van der Waals surface area contributed by atoms with Gasteiger partial charge >= 0.3 is 0 Å². The molecule has 26 heavy (non-hydrogen) atoms. The molecule has 138 valence electrons. The van der Waals surface area contributed by atoms with Crippen molar-refractivity contribution in [2.75, 3.05) is 14.2 Å². The molecule has 0 bridgehead atoms. The lowest BCUT2D eigenvalue weighted by Gasteiger charge is -2.36. The molecule has 1 aromatic carbocycles. The van der Waals surface area contributed by atoms with Crippen LogP contribution in [0.15, 0.2) is 12.1 Å². The summed E-state index contributed by atoms with van der Waals surface area (Å²) in [5.41, 5.74) is 0.00161. The van der Waals surface area contributed by atoms with E-state index in [4.69, 9.17) is 16.3 Å². The normalized spacial score (nSPS) is 22.4. The van der Waals surface area contributed by atoms with Crippen LogP contribution in [0.25, 0.3) is 0 Å². The van der Waals surface area contributed by atoms with Crippen LogP contribution in [-0.2, 0) is 14.4 Å².